The van der Waals surface area contributed by atoms with Crippen LogP contribution in [0.3, 0.4) is 0 Å². The molecule has 2 saturated carbocycles. The molecular weight excluding hydrogens is 296 g/mol. The average molecular weight is 333 g/mol. The van der Waals surface area contributed by atoms with Crippen LogP contribution in [0.2, 0.25) is 0 Å². The molecule has 0 aliphatic heterocycles. The van der Waals surface area contributed by atoms with Crippen LogP contribution in [0.4, 0.5) is 0 Å². The highest BCUT2D eigenvalue weighted by Gasteiger charge is 2.59. The Bertz CT molecular complexity index is 530. The molecule has 24 heavy (non-hydrogen) atoms. The van der Waals surface area contributed by atoms with Gasteiger partial charge >= 0.3 is 5.97 Å². The van der Waals surface area contributed by atoms with E-state index >= 15 is 0 Å². The zero-order chi connectivity index (χ0) is 18.2. The number of rotatable bonds is 4. The van der Waals surface area contributed by atoms with Crippen LogP contribution in [0, 0.1) is 22.7 Å². The predicted molar refractivity (Wildman–Crippen MR) is 101 cm³/mol. The van der Waals surface area contributed by atoms with E-state index in [2.05, 4.69) is 47.3 Å². The largest absolute Gasteiger partial charge is 0.459 e. The van der Waals surface area contributed by atoms with Gasteiger partial charge in [0.2, 0.25) is 0 Å². The van der Waals surface area contributed by atoms with Gasteiger partial charge in [0, 0.05) is 12.8 Å². The standard InChI is InChI=1S/C22H36O2/c1-8-16(2)10-11-19-21(6)14-9-13-20(4,5)18(21)12-15-22(19,7)24-17(3)23/h8,10,18-19H,1,9,11-15H2,2-7H3/b16-10-/t18-,19+,21-,22+/m0/s1. The molecule has 0 aromatic heterocycles. The van der Waals surface area contributed by atoms with E-state index in [0.29, 0.717) is 17.3 Å². The molecule has 0 spiro atoms. The number of carbonyl (C=O) groups excluding carboxylic acids is 1. The predicted octanol–water partition coefficient (Wildman–Crippen LogP) is 6.07. The van der Waals surface area contributed by atoms with Crippen molar-refractivity contribution in [2.75, 3.05) is 0 Å². The summed E-state index contributed by atoms with van der Waals surface area (Å²) in [6, 6.07) is 0. The normalized spacial score (nSPS) is 39.0. The van der Waals surface area contributed by atoms with Gasteiger partial charge in [-0.2, -0.15) is 0 Å². The Morgan fingerprint density at radius 2 is 1.83 bits per heavy atom. The first kappa shape index (κ1) is 19.3. The minimum Gasteiger partial charge on any atom is -0.459 e. The van der Waals surface area contributed by atoms with Gasteiger partial charge in [0.05, 0.1) is 0 Å². The van der Waals surface area contributed by atoms with Gasteiger partial charge in [0.15, 0.2) is 0 Å². The lowest BCUT2D eigenvalue weighted by Crippen LogP contribution is -2.58. The zero-order valence-electron chi connectivity index (χ0n) is 16.6. The van der Waals surface area contributed by atoms with Crippen LogP contribution in [0.5, 0.6) is 0 Å². The van der Waals surface area contributed by atoms with Crippen molar-refractivity contribution in [2.45, 2.75) is 85.7 Å². The molecule has 0 aromatic rings. The molecule has 0 amide bonds. The maximum atomic E-state index is 11.8. The summed E-state index contributed by atoms with van der Waals surface area (Å²) in [7, 11) is 0. The highest BCUT2D eigenvalue weighted by atomic mass is 16.6. The first-order valence-electron chi connectivity index (χ1n) is 9.54. The lowest BCUT2D eigenvalue weighted by molar-refractivity contribution is -0.197. The van der Waals surface area contributed by atoms with Gasteiger partial charge in [-0.1, -0.05) is 51.5 Å². The van der Waals surface area contributed by atoms with Gasteiger partial charge in [-0.15, -0.1) is 0 Å². The molecule has 2 aliphatic carbocycles. The Hall–Kier alpha value is -1.05. The number of hydrogen-bond acceptors (Lipinski definition) is 2. The number of carbonyl (C=O) groups is 1. The van der Waals surface area contributed by atoms with Crippen molar-refractivity contribution in [3.05, 3.63) is 24.3 Å². The molecule has 2 heteroatoms. The van der Waals surface area contributed by atoms with E-state index in [4.69, 9.17) is 4.74 Å². The number of hydrogen-bond donors (Lipinski definition) is 0. The third kappa shape index (κ3) is 3.48. The topological polar surface area (TPSA) is 26.3 Å². The summed E-state index contributed by atoms with van der Waals surface area (Å²) in [5.74, 6) is 0.913. The highest BCUT2D eigenvalue weighted by molar-refractivity contribution is 5.66. The monoisotopic (exact) mass is 332 g/mol. The van der Waals surface area contributed by atoms with Crippen molar-refractivity contribution in [1.29, 1.82) is 0 Å². The second kappa shape index (κ2) is 6.69. The van der Waals surface area contributed by atoms with E-state index in [9.17, 15) is 4.79 Å². The fourth-order valence-corrected chi connectivity index (χ4v) is 5.96. The molecule has 136 valence electrons. The Labute approximate surface area is 148 Å². The Kier molecular flexibility index (Phi) is 5.37. The Morgan fingerprint density at radius 3 is 2.42 bits per heavy atom. The first-order chi connectivity index (χ1) is 11.0. The molecule has 0 aromatic carbocycles. The van der Waals surface area contributed by atoms with Crippen LogP contribution >= 0.6 is 0 Å². The summed E-state index contributed by atoms with van der Waals surface area (Å²) < 4.78 is 5.95. The molecule has 0 radical (unpaired) electrons. The van der Waals surface area contributed by atoms with Gasteiger partial charge in [-0.25, -0.2) is 0 Å². The first-order valence-corrected chi connectivity index (χ1v) is 9.54. The van der Waals surface area contributed by atoms with Gasteiger partial charge in [-0.3, -0.25) is 4.79 Å². The fourth-order valence-electron chi connectivity index (χ4n) is 5.96. The minimum absolute atomic E-state index is 0.149. The molecule has 0 unspecified atom stereocenters. The molecule has 0 N–H and O–H groups in total. The van der Waals surface area contributed by atoms with Crippen molar-refractivity contribution in [1.82, 2.24) is 0 Å². The lowest BCUT2D eigenvalue weighted by Gasteiger charge is -2.61. The lowest BCUT2D eigenvalue weighted by atomic mass is 9.45. The molecule has 0 heterocycles. The van der Waals surface area contributed by atoms with Crippen LogP contribution in [0.1, 0.15) is 80.1 Å². The molecule has 0 bridgehead atoms. The van der Waals surface area contributed by atoms with Crippen molar-refractivity contribution < 1.29 is 9.53 Å². The van der Waals surface area contributed by atoms with Gasteiger partial charge < -0.3 is 4.74 Å². The molecule has 2 nitrogen and oxygen atoms in total. The highest BCUT2D eigenvalue weighted by Crippen LogP contribution is 2.63. The van der Waals surface area contributed by atoms with Gasteiger partial charge in [0.25, 0.3) is 0 Å². The number of ether oxygens (including phenoxy) is 1. The minimum atomic E-state index is -0.359. The summed E-state index contributed by atoms with van der Waals surface area (Å²) in [6.45, 7) is 17.0. The average Bonchev–Trinajstić information content (AvgIpc) is 2.44. The summed E-state index contributed by atoms with van der Waals surface area (Å²) in [5, 5.41) is 0. The van der Waals surface area contributed by atoms with Crippen LogP contribution in [0.15, 0.2) is 24.3 Å². The van der Waals surface area contributed by atoms with Crippen molar-refractivity contribution in [3.63, 3.8) is 0 Å². The summed E-state index contributed by atoms with van der Waals surface area (Å²) >= 11 is 0. The van der Waals surface area contributed by atoms with E-state index in [1.165, 1.54) is 24.8 Å². The molecular formula is C22H36O2. The second-order valence-electron chi connectivity index (χ2n) is 9.29. The van der Waals surface area contributed by atoms with E-state index in [1.54, 1.807) is 6.92 Å². The van der Waals surface area contributed by atoms with Crippen LogP contribution in [-0.2, 0) is 9.53 Å². The summed E-state index contributed by atoms with van der Waals surface area (Å²) in [4.78, 5) is 11.8. The van der Waals surface area contributed by atoms with E-state index < -0.39 is 0 Å². The van der Waals surface area contributed by atoms with Crippen molar-refractivity contribution in [2.24, 2.45) is 22.7 Å². The zero-order valence-corrected chi connectivity index (χ0v) is 16.6. The van der Waals surface area contributed by atoms with Crippen LogP contribution in [-0.4, -0.2) is 11.6 Å². The SMILES string of the molecule is C=C/C(C)=C\C[C@@H]1[C@@]2(C)CCCC(C)(C)[C@@H]2CC[C@@]1(C)OC(C)=O. The molecule has 2 aliphatic rings. The fraction of sp³-hybridized carbons (Fsp3) is 0.773. The van der Waals surface area contributed by atoms with Gasteiger partial charge in [0.1, 0.15) is 5.60 Å². The molecule has 0 saturated heterocycles. The third-order valence-electron chi connectivity index (χ3n) is 7.11. The van der Waals surface area contributed by atoms with Crippen molar-refractivity contribution >= 4 is 5.97 Å². The maximum Gasteiger partial charge on any atom is 0.303 e. The number of allylic oxidation sites excluding steroid dienone is 3. The smallest absolute Gasteiger partial charge is 0.303 e. The van der Waals surface area contributed by atoms with Gasteiger partial charge in [-0.05, 0) is 62.7 Å². The molecule has 2 rings (SSSR count). The summed E-state index contributed by atoms with van der Waals surface area (Å²) in [6.07, 6.45) is 11.1. The van der Waals surface area contributed by atoms with E-state index in [1.807, 2.05) is 6.08 Å². The Morgan fingerprint density at radius 1 is 1.17 bits per heavy atom. The van der Waals surface area contributed by atoms with Crippen LogP contribution in [0.25, 0.3) is 0 Å². The summed E-state index contributed by atoms with van der Waals surface area (Å²) in [5.41, 5.74) is 1.45. The number of esters is 1. The quantitative estimate of drug-likeness (QED) is 0.461. The molecule has 4 atom stereocenters. The number of fused-ring (bicyclic) bond motifs is 1. The maximum absolute atomic E-state index is 11.8. The second-order valence-corrected chi connectivity index (χ2v) is 9.29. The third-order valence-corrected chi connectivity index (χ3v) is 7.11. The molecule has 2 fully saturated rings. The van der Waals surface area contributed by atoms with E-state index in [-0.39, 0.29) is 17.0 Å². The van der Waals surface area contributed by atoms with Crippen LogP contribution < -0.4 is 0 Å². The Balaban J connectivity index is 2.43. The van der Waals surface area contributed by atoms with E-state index in [0.717, 1.165) is 19.3 Å². The van der Waals surface area contributed by atoms with Crippen molar-refractivity contribution in [3.8, 4) is 0 Å².